The molecule has 0 aliphatic carbocycles. The van der Waals surface area contributed by atoms with E-state index in [0.717, 1.165) is 0 Å². The summed E-state index contributed by atoms with van der Waals surface area (Å²) in [5.74, 6) is -0.293. The molecule has 0 radical (unpaired) electrons. The second kappa shape index (κ2) is 6.35. The molecule has 0 heterocycles. The van der Waals surface area contributed by atoms with Crippen LogP contribution in [0.4, 0.5) is 4.39 Å². The van der Waals surface area contributed by atoms with Gasteiger partial charge in [0.25, 0.3) is 5.91 Å². The lowest BCUT2D eigenvalue weighted by Gasteiger charge is -2.11. The molecule has 2 N–H and O–H groups in total. The highest BCUT2D eigenvalue weighted by molar-refractivity contribution is 5.94. The molecule has 94 valence electrons. The second-order valence-corrected chi connectivity index (χ2v) is 4.29. The molecule has 1 aromatic carbocycles. The molecule has 3 nitrogen and oxygen atoms in total. The van der Waals surface area contributed by atoms with Crippen molar-refractivity contribution in [1.82, 2.24) is 5.32 Å². The number of aliphatic hydroxyl groups is 1. The summed E-state index contributed by atoms with van der Waals surface area (Å²) in [6.45, 7) is 4.20. The predicted molar refractivity (Wildman–Crippen MR) is 64.3 cm³/mol. The van der Waals surface area contributed by atoms with Crippen LogP contribution in [0, 0.1) is 18.7 Å². The van der Waals surface area contributed by atoms with Gasteiger partial charge in [-0.1, -0.05) is 6.92 Å². The Morgan fingerprint density at radius 2 is 2.24 bits per heavy atom. The highest BCUT2D eigenvalue weighted by Crippen LogP contribution is 2.09. The standard InChI is InChI=1S/C13H18FNO2/c1-9(5-6-16)8-15-13(17)11-3-4-12(14)10(2)7-11/h3-4,7,9,16H,5-6,8H2,1-2H3,(H,15,17). The van der Waals surface area contributed by atoms with Crippen LogP contribution in [0.2, 0.25) is 0 Å². The fourth-order valence-corrected chi connectivity index (χ4v) is 1.48. The first kappa shape index (κ1) is 13.6. The van der Waals surface area contributed by atoms with E-state index in [1.807, 2.05) is 6.92 Å². The largest absolute Gasteiger partial charge is 0.396 e. The van der Waals surface area contributed by atoms with E-state index in [1.54, 1.807) is 6.92 Å². The molecule has 1 atom stereocenters. The van der Waals surface area contributed by atoms with Gasteiger partial charge in [0, 0.05) is 18.7 Å². The summed E-state index contributed by atoms with van der Waals surface area (Å²) in [7, 11) is 0. The lowest BCUT2D eigenvalue weighted by molar-refractivity contribution is 0.0945. The zero-order valence-corrected chi connectivity index (χ0v) is 10.2. The van der Waals surface area contributed by atoms with Crippen molar-refractivity contribution < 1.29 is 14.3 Å². The summed E-state index contributed by atoms with van der Waals surface area (Å²) < 4.78 is 13.0. The van der Waals surface area contributed by atoms with Gasteiger partial charge in [-0.2, -0.15) is 0 Å². The Kier molecular flexibility index (Phi) is 5.10. The highest BCUT2D eigenvalue weighted by atomic mass is 19.1. The normalized spacial score (nSPS) is 12.2. The van der Waals surface area contributed by atoms with Crippen molar-refractivity contribution in [1.29, 1.82) is 0 Å². The lowest BCUT2D eigenvalue weighted by atomic mass is 10.1. The number of aliphatic hydroxyl groups excluding tert-OH is 1. The van der Waals surface area contributed by atoms with Crippen LogP contribution < -0.4 is 5.32 Å². The molecule has 0 bridgehead atoms. The van der Waals surface area contributed by atoms with Gasteiger partial charge in [-0.3, -0.25) is 4.79 Å². The Morgan fingerprint density at radius 3 is 2.82 bits per heavy atom. The first-order valence-electron chi connectivity index (χ1n) is 5.69. The molecule has 4 heteroatoms. The number of nitrogens with one attached hydrogen (secondary N) is 1. The van der Waals surface area contributed by atoms with Crippen molar-refractivity contribution in [3.8, 4) is 0 Å². The van der Waals surface area contributed by atoms with Gasteiger partial charge in [0.1, 0.15) is 5.82 Å². The Labute approximate surface area is 101 Å². The van der Waals surface area contributed by atoms with Gasteiger partial charge in [-0.25, -0.2) is 4.39 Å². The average Bonchev–Trinajstić information content (AvgIpc) is 2.30. The number of carbonyl (C=O) groups is 1. The fraction of sp³-hybridized carbons (Fsp3) is 0.462. The maximum atomic E-state index is 13.0. The Bertz CT molecular complexity index is 393. The van der Waals surface area contributed by atoms with Crippen molar-refractivity contribution in [3.05, 3.63) is 35.1 Å². The summed E-state index contributed by atoms with van der Waals surface area (Å²) in [5, 5.41) is 11.5. The van der Waals surface area contributed by atoms with E-state index >= 15 is 0 Å². The van der Waals surface area contributed by atoms with E-state index in [2.05, 4.69) is 5.32 Å². The first-order valence-corrected chi connectivity index (χ1v) is 5.69. The third-order valence-electron chi connectivity index (χ3n) is 2.65. The number of hydrogen-bond acceptors (Lipinski definition) is 2. The molecule has 0 aliphatic rings. The minimum absolute atomic E-state index is 0.118. The van der Waals surface area contributed by atoms with Crippen LogP contribution in [-0.4, -0.2) is 24.2 Å². The van der Waals surface area contributed by atoms with Gasteiger partial charge in [0.2, 0.25) is 0 Å². The molecule has 0 saturated carbocycles. The molecule has 1 amide bonds. The van der Waals surface area contributed by atoms with Crippen LogP contribution in [0.1, 0.15) is 29.3 Å². The molecule has 1 unspecified atom stereocenters. The summed E-state index contributed by atoms with van der Waals surface area (Å²) in [4.78, 5) is 11.7. The number of benzene rings is 1. The first-order chi connectivity index (χ1) is 8.04. The molecule has 0 aromatic heterocycles. The van der Waals surface area contributed by atoms with Crippen LogP contribution >= 0.6 is 0 Å². The summed E-state index contributed by atoms with van der Waals surface area (Å²) in [6, 6.07) is 4.29. The van der Waals surface area contributed by atoms with Crippen LogP contribution in [0.5, 0.6) is 0 Å². The smallest absolute Gasteiger partial charge is 0.251 e. The number of halogens is 1. The third kappa shape index (κ3) is 4.15. The zero-order valence-electron chi connectivity index (χ0n) is 10.2. The maximum Gasteiger partial charge on any atom is 0.251 e. The van der Waals surface area contributed by atoms with Gasteiger partial charge in [0.15, 0.2) is 0 Å². The van der Waals surface area contributed by atoms with Gasteiger partial charge >= 0.3 is 0 Å². The van der Waals surface area contributed by atoms with Crippen molar-refractivity contribution in [3.63, 3.8) is 0 Å². The summed E-state index contributed by atoms with van der Waals surface area (Å²) in [5.41, 5.74) is 0.918. The maximum absolute atomic E-state index is 13.0. The quantitative estimate of drug-likeness (QED) is 0.824. The van der Waals surface area contributed by atoms with E-state index in [1.165, 1.54) is 18.2 Å². The number of carbonyl (C=O) groups excluding carboxylic acids is 1. The molecule has 17 heavy (non-hydrogen) atoms. The zero-order chi connectivity index (χ0) is 12.8. The molecule has 1 rings (SSSR count). The predicted octanol–water partition coefficient (Wildman–Crippen LogP) is 1.88. The number of amides is 1. The molecular formula is C13H18FNO2. The lowest BCUT2D eigenvalue weighted by Crippen LogP contribution is -2.28. The van der Waals surface area contributed by atoms with E-state index in [-0.39, 0.29) is 24.2 Å². The highest BCUT2D eigenvalue weighted by Gasteiger charge is 2.09. The topological polar surface area (TPSA) is 49.3 Å². The SMILES string of the molecule is Cc1cc(C(=O)NCC(C)CCO)ccc1F. The minimum atomic E-state index is -0.310. The van der Waals surface area contributed by atoms with E-state index in [4.69, 9.17) is 5.11 Å². The van der Waals surface area contributed by atoms with Crippen molar-refractivity contribution in [2.75, 3.05) is 13.2 Å². The Hall–Kier alpha value is -1.42. The number of hydrogen-bond donors (Lipinski definition) is 2. The fourth-order valence-electron chi connectivity index (χ4n) is 1.48. The van der Waals surface area contributed by atoms with Crippen LogP contribution in [0.25, 0.3) is 0 Å². The van der Waals surface area contributed by atoms with E-state index < -0.39 is 0 Å². The van der Waals surface area contributed by atoms with Gasteiger partial charge in [0.05, 0.1) is 0 Å². The molecule has 0 aliphatic heterocycles. The van der Waals surface area contributed by atoms with Crippen molar-refractivity contribution in [2.24, 2.45) is 5.92 Å². The minimum Gasteiger partial charge on any atom is -0.396 e. The molecule has 0 saturated heterocycles. The summed E-state index contributed by atoms with van der Waals surface area (Å²) >= 11 is 0. The van der Waals surface area contributed by atoms with E-state index in [9.17, 15) is 9.18 Å². The van der Waals surface area contributed by atoms with Crippen LogP contribution in [0.3, 0.4) is 0 Å². The monoisotopic (exact) mass is 239 g/mol. The Balaban J connectivity index is 2.55. The summed E-state index contributed by atoms with van der Waals surface area (Å²) in [6.07, 6.45) is 0.655. The van der Waals surface area contributed by atoms with E-state index in [0.29, 0.717) is 24.1 Å². The van der Waals surface area contributed by atoms with Crippen molar-refractivity contribution >= 4 is 5.91 Å². The molecule has 0 fully saturated rings. The van der Waals surface area contributed by atoms with Gasteiger partial charge in [-0.05, 0) is 43.0 Å². The average molecular weight is 239 g/mol. The second-order valence-electron chi connectivity index (χ2n) is 4.29. The molecule has 1 aromatic rings. The van der Waals surface area contributed by atoms with Gasteiger partial charge < -0.3 is 10.4 Å². The van der Waals surface area contributed by atoms with Crippen LogP contribution in [-0.2, 0) is 0 Å². The molecular weight excluding hydrogens is 221 g/mol. The van der Waals surface area contributed by atoms with Crippen molar-refractivity contribution in [2.45, 2.75) is 20.3 Å². The third-order valence-corrected chi connectivity index (χ3v) is 2.65. The van der Waals surface area contributed by atoms with Crippen LogP contribution in [0.15, 0.2) is 18.2 Å². The van der Waals surface area contributed by atoms with Gasteiger partial charge in [-0.15, -0.1) is 0 Å². The molecule has 0 spiro atoms. The number of rotatable bonds is 5. The number of aryl methyl sites for hydroxylation is 1. The Morgan fingerprint density at radius 1 is 1.53 bits per heavy atom.